The van der Waals surface area contributed by atoms with Gasteiger partial charge in [0.15, 0.2) is 0 Å². The number of imidazole rings is 1. The number of amides is 1. The Morgan fingerprint density at radius 2 is 1.89 bits per heavy atom. The molecule has 4 aromatic rings. The Morgan fingerprint density at radius 1 is 1.04 bits per heavy atom. The number of nitrogens with zero attached hydrogens (tertiary/aromatic N) is 1. The zero-order chi connectivity index (χ0) is 18.6. The summed E-state index contributed by atoms with van der Waals surface area (Å²) in [5.41, 5.74) is 4.46. The molecule has 5 nitrogen and oxygen atoms in total. The standard InChI is InChI=1S/C22H19N3O2/c1-27-18-9-4-6-15(12-18)13-21(26)23-17-8-5-7-16(14-17)22-24-19-10-2-3-11-20(19)25-22/h2-12,14H,13H2,1H3,(H,23,26)(H,24,25). The molecule has 1 amide bonds. The van der Waals surface area contributed by atoms with E-state index in [-0.39, 0.29) is 12.3 Å². The number of carbonyl (C=O) groups excluding carboxylic acids is 1. The van der Waals surface area contributed by atoms with Gasteiger partial charge in [-0.25, -0.2) is 4.98 Å². The van der Waals surface area contributed by atoms with Gasteiger partial charge in [-0.2, -0.15) is 0 Å². The summed E-state index contributed by atoms with van der Waals surface area (Å²) in [5, 5.41) is 2.95. The number of carbonyl (C=O) groups is 1. The van der Waals surface area contributed by atoms with E-state index in [1.165, 1.54) is 0 Å². The van der Waals surface area contributed by atoms with Crippen LogP contribution in [0.25, 0.3) is 22.4 Å². The monoisotopic (exact) mass is 357 g/mol. The van der Waals surface area contributed by atoms with E-state index in [9.17, 15) is 4.79 Å². The number of benzene rings is 3. The summed E-state index contributed by atoms with van der Waals surface area (Å²) in [6.45, 7) is 0. The minimum atomic E-state index is -0.0787. The maximum Gasteiger partial charge on any atom is 0.228 e. The molecule has 0 unspecified atom stereocenters. The summed E-state index contributed by atoms with van der Waals surface area (Å²) in [4.78, 5) is 20.3. The highest BCUT2D eigenvalue weighted by molar-refractivity contribution is 5.93. The highest BCUT2D eigenvalue weighted by Gasteiger charge is 2.08. The quantitative estimate of drug-likeness (QED) is 0.556. The largest absolute Gasteiger partial charge is 0.497 e. The average molecular weight is 357 g/mol. The number of para-hydroxylation sites is 2. The van der Waals surface area contributed by atoms with E-state index in [2.05, 4.69) is 15.3 Å². The molecule has 0 aliphatic heterocycles. The Labute approximate surface area is 157 Å². The smallest absolute Gasteiger partial charge is 0.228 e. The lowest BCUT2D eigenvalue weighted by Gasteiger charge is -2.08. The van der Waals surface area contributed by atoms with Crippen molar-refractivity contribution in [2.75, 3.05) is 12.4 Å². The third-order valence-electron chi connectivity index (χ3n) is 4.31. The molecule has 1 heterocycles. The fourth-order valence-corrected chi connectivity index (χ4v) is 3.01. The first-order valence-corrected chi connectivity index (χ1v) is 8.69. The molecule has 3 aromatic carbocycles. The molecule has 0 aliphatic rings. The Balaban J connectivity index is 1.51. The Hall–Kier alpha value is -3.60. The topological polar surface area (TPSA) is 67.0 Å². The second kappa shape index (κ2) is 7.33. The molecule has 5 heteroatoms. The van der Waals surface area contributed by atoms with Crippen LogP contribution in [-0.4, -0.2) is 23.0 Å². The molecule has 4 rings (SSSR count). The van der Waals surface area contributed by atoms with Crippen LogP contribution in [0.5, 0.6) is 5.75 Å². The van der Waals surface area contributed by atoms with Gasteiger partial charge in [0.2, 0.25) is 5.91 Å². The van der Waals surface area contributed by atoms with Crippen molar-refractivity contribution in [3.05, 3.63) is 78.4 Å². The molecular formula is C22H19N3O2. The van der Waals surface area contributed by atoms with Crippen molar-refractivity contribution in [1.82, 2.24) is 9.97 Å². The van der Waals surface area contributed by atoms with Gasteiger partial charge in [-0.15, -0.1) is 0 Å². The molecule has 0 saturated carbocycles. The number of hydrogen-bond donors (Lipinski definition) is 2. The van der Waals surface area contributed by atoms with Crippen LogP contribution in [0.4, 0.5) is 5.69 Å². The summed E-state index contributed by atoms with van der Waals surface area (Å²) in [6, 6.07) is 23.1. The van der Waals surface area contributed by atoms with Gasteiger partial charge in [-0.05, 0) is 42.0 Å². The van der Waals surface area contributed by atoms with E-state index in [4.69, 9.17) is 4.74 Å². The molecule has 0 aliphatic carbocycles. The van der Waals surface area contributed by atoms with Gasteiger partial charge in [0.25, 0.3) is 0 Å². The van der Waals surface area contributed by atoms with Crippen LogP contribution in [0.2, 0.25) is 0 Å². The maximum absolute atomic E-state index is 12.4. The summed E-state index contributed by atoms with van der Waals surface area (Å²) < 4.78 is 5.20. The van der Waals surface area contributed by atoms with Crippen LogP contribution in [0.15, 0.2) is 72.8 Å². The predicted octanol–water partition coefficient (Wildman–Crippen LogP) is 4.42. The van der Waals surface area contributed by atoms with Crippen molar-refractivity contribution < 1.29 is 9.53 Å². The number of H-pyrrole nitrogens is 1. The molecule has 2 N–H and O–H groups in total. The number of aromatic nitrogens is 2. The zero-order valence-electron chi connectivity index (χ0n) is 14.9. The second-order valence-electron chi connectivity index (χ2n) is 6.26. The van der Waals surface area contributed by atoms with E-state index in [0.29, 0.717) is 0 Å². The molecule has 134 valence electrons. The summed E-state index contributed by atoms with van der Waals surface area (Å²) >= 11 is 0. The summed E-state index contributed by atoms with van der Waals surface area (Å²) in [5.74, 6) is 1.44. The van der Waals surface area contributed by atoms with Gasteiger partial charge in [-0.1, -0.05) is 36.4 Å². The van der Waals surface area contributed by atoms with Gasteiger partial charge in [-0.3, -0.25) is 4.79 Å². The molecule has 0 atom stereocenters. The van der Waals surface area contributed by atoms with Gasteiger partial charge in [0.1, 0.15) is 11.6 Å². The van der Waals surface area contributed by atoms with Gasteiger partial charge >= 0.3 is 0 Å². The Kier molecular flexibility index (Phi) is 4.58. The highest BCUT2D eigenvalue weighted by Crippen LogP contribution is 2.23. The fraction of sp³-hybridized carbons (Fsp3) is 0.0909. The van der Waals surface area contributed by atoms with E-state index >= 15 is 0 Å². The normalized spacial score (nSPS) is 10.7. The maximum atomic E-state index is 12.4. The molecule has 0 spiro atoms. The van der Waals surface area contributed by atoms with Crippen molar-refractivity contribution >= 4 is 22.6 Å². The number of methoxy groups -OCH3 is 1. The predicted molar refractivity (Wildman–Crippen MR) is 107 cm³/mol. The van der Waals surface area contributed by atoms with Crippen LogP contribution in [0.3, 0.4) is 0 Å². The first-order valence-electron chi connectivity index (χ1n) is 8.69. The van der Waals surface area contributed by atoms with Crippen LogP contribution < -0.4 is 10.1 Å². The number of nitrogens with one attached hydrogen (secondary N) is 2. The van der Waals surface area contributed by atoms with Gasteiger partial charge in [0.05, 0.1) is 24.6 Å². The lowest BCUT2D eigenvalue weighted by atomic mass is 10.1. The SMILES string of the molecule is COc1cccc(CC(=O)Nc2cccc(-c3nc4ccccc4[nH]3)c2)c1. The number of anilines is 1. The van der Waals surface area contributed by atoms with Crippen LogP contribution in [0.1, 0.15) is 5.56 Å². The van der Waals surface area contributed by atoms with Crippen LogP contribution >= 0.6 is 0 Å². The first kappa shape index (κ1) is 16.8. The molecule has 27 heavy (non-hydrogen) atoms. The highest BCUT2D eigenvalue weighted by atomic mass is 16.5. The molecule has 0 saturated heterocycles. The van der Waals surface area contributed by atoms with E-state index in [0.717, 1.165) is 39.4 Å². The van der Waals surface area contributed by atoms with E-state index < -0.39 is 0 Å². The minimum absolute atomic E-state index is 0.0787. The van der Waals surface area contributed by atoms with Crippen molar-refractivity contribution in [3.63, 3.8) is 0 Å². The van der Waals surface area contributed by atoms with Crippen molar-refractivity contribution in [1.29, 1.82) is 0 Å². The van der Waals surface area contributed by atoms with Crippen LogP contribution in [0, 0.1) is 0 Å². The van der Waals surface area contributed by atoms with Gasteiger partial charge < -0.3 is 15.0 Å². The third kappa shape index (κ3) is 3.82. The minimum Gasteiger partial charge on any atom is -0.497 e. The first-order chi connectivity index (χ1) is 13.2. The molecule has 0 fully saturated rings. The average Bonchev–Trinajstić information content (AvgIpc) is 3.12. The lowest BCUT2D eigenvalue weighted by molar-refractivity contribution is -0.115. The fourth-order valence-electron chi connectivity index (χ4n) is 3.01. The van der Waals surface area contributed by atoms with Crippen molar-refractivity contribution in [2.24, 2.45) is 0 Å². The Morgan fingerprint density at radius 3 is 2.74 bits per heavy atom. The summed E-state index contributed by atoms with van der Waals surface area (Å²) in [7, 11) is 1.61. The third-order valence-corrected chi connectivity index (χ3v) is 4.31. The Bertz CT molecular complexity index is 1070. The zero-order valence-corrected chi connectivity index (χ0v) is 14.9. The molecule has 0 radical (unpaired) electrons. The summed E-state index contributed by atoms with van der Waals surface area (Å²) in [6.07, 6.45) is 0.284. The number of ether oxygens (including phenoxy) is 1. The van der Waals surface area contributed by atoms with Crippen molar-refractivity contribution in [3.8, 4) is 17.1 Å². The molecular weight excluding hydrogens is 338 g/mol. The second-order valence-corrected chi connectivity index (χ2v) is 6.26. The molecule has 1 aromatic heterocycles. The van der Waals surface area contributed by atoms with Crippen molar-refractivity contribution in [2.45, 2.75) is 6.42 Å². The van der Waals surface area contributed by atoms with Crippen LogP contribution in [-0.2, 0) is 11.2 Å². The van der Waals surface area contributed by atoms with Gasteiger partial charge in [0, 0.05) is 11.3 Å². The number of hydrogen-bond acceptors (Lipinski definition) is 3. The lowest BCUT2D eigenvalue weighted by Crippen LogP contribution is -2.14. The number of fused-ring (bicyclic) bond motifs is 1. The number of aromatic amines is 1. The number of rotatable bonds is 5. The van der Waals surface area contributed by atoms with E-state index in [1.807, 2.05) is 72.8 Å². The van der Waals surface area contributed by atoms with E-state index in [1.54, 1.807) is 7.11 Å². The molecule has 0 bridgehead atoms.